The Kier molecular flexibility index (Phi) is 3.67. The van der Waals surface area contributed by atoms with E-state index in [0.29, 0.717) is 5.56 Å². The number of alkyl halides is 1. The predicted molar refractivity (Wildman–Crippen MR) is 66.8 cm³/mol. The Morgan fingerprint density at radius 1 is 1.35 bits per heavy atom. The number of phenols is 1. The second kappa shape index (κ2) is 5.05. The van der Waals surface area contributed by atoms with E-state index in [-0.39, 0.29) is 11.7 Å². The van der Waals surface area contributed by atoms with E-state index >= 15 is 0 Å². The van der Waals surface area contributed by atoms with Gasteiger partial charge < -0.3 is 10.4 Å². The molecule has 0 spiro atoms. The maximum Gasteiger partial charge on any atom is 0.136 e. The molecular formula is C14H20FNO. The third-order valence-corrected chi connectivity index (χ3v) is 3.75. The maximum atomic E-state index is 14.9. The van der Waals surface area contributed by atoms with Gasteiger partial charge in [-0.2, -0.15) is 0 Å². The second-order valence-corrected chi connectivity index (χ2v) is 5.00. The number of halogens is 1. The number of benzene rings is 1. The molecule has 2 atom stereocenters. The van der Waals surface area contributed by atoms with Gasteiger partial charge in [-0.1, -0.05) is 12.1 Å². The standard InChI is InChI=1S/C14H20FNO/c1-14(15,11-5-3-8-16-9-7-11)12-4-2-6-13(17)10-12/h2,4,6,10-11,16-17H,3,5,7-9H2,1H3. The molecule has 94 valence electrons. The zero-order valence-electron chi connectivity index (χ0n) is 10.2. The van der Waals surface area contributed by atoms with Crippen LogP contribution in [0, 0.1) is 5.92 Å². The molecule has 2 N–H and O–H groups in total. The van der Waals surface area contributed by atoms with Crippen LogP contribution in [0.4, 0.5) is 4.39 Å². The minimum absolute atomic E-state index is 0.0271. The lowest BCUT2D eigenvalue weighted by atomic mass is 9.80. The van der Waals surface area contributed by atoms with Crippen molar-refractivity contribution in [2.75, 3.05) is 13.1 Å². The molecule has 0 amide bonds. The van der Waals surface area contributed by atoms with Gasteiger partial charge in [-0.05, 0) is 62.9 Å². The van der Waals surface area contributed by atoms with E-state index < -0.39 is 5.67 Å². The summed E-state index contributed by atoms with van der Waals surface area (Å²) in [6.07, 6.45) is 2.77. The molecule has 0 bridgehead atoms. The fourth-order valence-corrected chi connectivity index (χ4v) is 2.61. The molecule has 1 heterocycles. The highest BCUT2D eigenvalue weighted by molar-refractivity contribution is 5.31. The third-order valence-electron chi connectivity index (χ3n) is 3.75. The SMILES string of the molecule is CC(F)(c1cccc(O)c1)C1CCCNCC1. The maximum absolute atomic E-state index is 14.9. The average molecular weight is 237 g/mol. The van der Waals surface area contributed by atoms with E-state index in [9.17, 15) is 9.50 Å². The van der Waals surface area contributed by atoms with E-state index in [1.807, 2.05) is 0 Å². The molecule has 0 aliphatic carbocycles. The van der Waals surface area contributed by atoms with Crippen molar-refractivity contribution in [2.45, 2.75) is 31.9 Å². The highest BCUT2D eigenvalue weighted by atomic mass is 19.1. The minimum atomic E-state index is -1.36. The highest BCUT2D eigenvalue weighted by Crippen LogP contribution is 2.39. The topological polar surface area (TPSA) is 32.3 Å². The van der Waals surface area contributed by atoms with Crippen molar-refractivity contribution in [1.29, 1.82) is 0 Å². The number of nitrogens with one attached hydrogen (secondary N) is 1. The van der Waals surface area contributed by atoms with Crippen LogP contribution in [0.5, 0.6) is 5.75 Å². The van der Waals surface area contributed by atoms with Crippen LogP contribution in [-0.2, 0) is 5.67 Å². The van der Waals surface area contributed by atoms with Crippen molar-refractivity contribution in [3.05, 3.63) is 29.8 Å². The van der Waals surface area contributed by atoms with Crippen molar-refractivity contribution in [3.8, 4) is 5.75 Å². The van der Waals surface area contributed by atoms with Crippen LogP contribution >= 0.6 is 0 Å². The van der Waals surface area contributed by atoms with Gasteiger partial charge in [0.15, 0.2) is 0 Å². The number of hydrogen-bond donors (Lipinski definition) is 2. The van der Waals surface area contributed by atoms with Gasteiger partial charge in [0.25, 0.3) is 0 Å². The first-order valence-electron chi connectivity index (χ1n) is 6.30. The zero-order valence-corrected chi connectivity index (χ0v) is 10.2. The van der Waals surface area contributed by atoms with Crippen LogP contribution in [0.25, 0.3) is 0 Å². The summed E-state index contributed by atoms with van der Waals surface area (Å²) in [6, 6.07) is 6.59. The smallest absolute Gasteiger partial charge is 0.136 e. The Bertz CT molecular complexity index is 370. The molecular weight excluding hydrogens is 217 g/mol. The van der Waals surface area contributed by atoms with Crippen molar-refractivity contribution in [1.82, 2.24) is 5.32 Å². The molecule has 1 aromatic carbocycles. The second-order valence-electron chi connectivity index (χ2n) is 5.00. The molecule has 1 fully saturated rings. The van der Waals surface area contributed by atoms with Crippen molar-refractivity contribution < 1.29 is 9.50 Å². The van der Waals surface area contributed by atoms with Crippen LogP contribution in [-0.4, -0.2) is 18.2 Å². The van der Waals surface area contributed by atoms with Crippen molar-refractivity contribution >= 4 is 0 Å². The lowest BCUT2D eigenvalue weighted by Crippen LogP contribution is -2.28. The van der Waals surface area contributed by atoms with Gasteiger partial charge in [0.2, 0.25) is 0 Å². The largest absolute Gasteiger partial charge is 0.508 e. The van der Waals surface area contributed by atoms with Gasteiger partial charge in [0.1, 0.15) is 11.4 Å². The summed E-state index contributed by atoms with van der Waals surface area (Å²) in [5.74, 6) is 0.164. The molecule has 17 heavy (non-hydrogen) atoms. The molecule has 2 rings (SSSR count). The van der Waals surface area contributed by atoms with E-state index in [0.717, 1.165) is 32.4 Å². The Morgan fingerprint density at radius 3 is 2.94 bits per heavy atom. The first-order valence-corrected chi connectivity index (χ1v) is 6.30. The van der Waals surface area contributed by atoms with Crippen molar-refractivity contribution in [2.24, 2.45) is 5.92 Å². The highest BCUT2D eigenvalue weighted by Gasteiger charge is 2.36. The Hall–Kier alpha value is -1.09. The predicted octanol–water partition coefficient (Wildman–Crippen LogP) is 2.97. The van der Waals surface area contributed by atoms with Gasteiger partial charge in [-0.15, -0.1) is 0 Å². The summed E-state index contributed by atoms with van der Waals surface area (Å²) < 4.78 is 14.9. The summed E-state index contributed by atoms with van der Waals surface area (Å²) in [7, 11) is 0. The number of rotatable bonds is 2. The number of aromatic hydroxyl groups is 1. The number of phenolic OH excluding ortho intramolecular Hbond substituents is 1. The van der Waals surface area contributed by atoms with Gasteiger partial charge in [0.05, 0.1) is 0 Å². The summed E-state index contributed by atoms with van der Waals surface area (Å²) in [5.41, 5.74) is -0.769. The lowest BCUT2D eigenvalue weighted by molar-refractivity contribution is 0.0907. The normalized spacial score (nSPS) is 24.9. The number of hydrogen-bond acceptors (Lipinski definition) is 2. The summed E-state index contributed by atoms with van der Waals surface area (Å²) >= 11 is 0. The first-order chi connectivity index (χ1) is 8.10. The van der Waals surface area contributed by atoms with Crippen LogP contribution in [0.3, 0.4) is 0 Å². The molecule has 2 unspecified atom stereocenters. The minimum Gasteiger partial charge on any atom is -0.508 e. The van der Waals surface area contributed by atoms with Gasteiger partial charge >= 0.3 is 0 Å². The third kappa shape index (κ3) is 2.78. The van der Waals surface area contributed by atoms with Crippen molar-refractivity contribution in [3.63, 3.8) is 0 Å². The van der Waals surface area contributed by atoms with Crippen LogP contribution < -0.4 is 5.32 Å². The van der Waals surface area contributed by atoms with Gasteiger partial charge in [-0.25, -0.2) is 4.39 Å². The molecule has 1 aromatic rings. The van der Waals surface area contributed by atoms with Gasteiger partial charge in [-0.3, -0.25) is 0 Å². The van der Waals surface area contributed by atoms with E-state index in [1.165, 1.54) is 0 Å². The van der Waals surface area contributed by atoms with Crippen LogP contribution in [0.2, 0.25) is 0 Å². The molecule has 0 saturated carbocycles. The van der Waals surface area contributed by atoms with E-state index in [2.05, 4.69) is 5.32 Å². The van der Waals surface area contributed by atoms with E-state index in [1.54, 1.807) is 31.2 Å². The molecule has 0 radical (unpaired) electrons. The summed E-state index contributed by atoms with van der Waals surface area (Å²) in [4.78, 5) is 0. The summed E-state index contributed by atoms with van der Waals surface area (Å²) in [5, 5.41) is 12.7. The summed E-state index contributed by atoms with van der Waals surface area (Å²) in [6.45, 7) is 3.49. The fraction of sp³-hybridized carbons (Fsp3) is 0.571. The average Bonchev–Trinajstić information content (AvgIpc) is 2.58. The first kappa shape index (κ1) is 12.4. The Labute approximate surface area is 102 Å². The molecule has 0 aromatic heterocycles. The molecule has 1 aliphatic heterocycles. The fourth-order valence-electron chi connectivity index (χ4n) is 2.61. The molecule has 2 nitrogen and oxygen atoms in total. The Morgan fingerprint density at radius 2 is 2.18 bits per heavy atom. The molecule has 1 aliphatic rings. The molecule has 1 saturated heterocycles. The molecule has 3 heteroatoms. The van der Waals surface area contributed by atoms with E-state index in [4.69, 9.17) is 0 Å². The van der Waals surface area contributed by atoms with Crippen LogP contribution in [0.15, 0.2) is 24.3 Å². The zero-order chi connectivity index (χ0) is 12.3. The van der Waals surface area contributed by atoms with Crippen LogP contribution in [0.1, 0.15) is 31.7 Å². The van der Waals surface area contributed by atoms with Gasteiger partial charge in [0, 0.05) is 0 Å². The monoisotopic (exact) mass is 237 g/mol. The lowest BCUT2D eigenvalue weighted by Gasteiger charge is -2.30. The quantitative estimate of drug-likeness (QED) is 0.828. The Balaban J connectivity index is 2.21.